The van der Waals surface area contributed by atoms with Gasteiger partial charge < -0.3 is 20.5 Å². The van der Waals surface area contributed by atoms with Crippen LogP contribution in [0.1, 0.15) is 36.0 Å². The highest BCUT2D eigenvalue weighted by molar-refractivity contribution is 5.95. The molecule has 0 aliphatic heterocycles. The molecule has 0 saturated heterocycles. The standard InChI is InChI=1S/C21H23N5O3/c1-28-15-8-9-16-18(11-15)24-12-25-20(16)26-13-4-6-14(7-5-13)29-21-17(19(22)27)3-2-10-23-21/h2-3,8-14H,4-7H2,1H3,(H2,22,27)(H,24,25,26)/t13-,14-. The maximum atomic E-state index is 11.5. The average Bonchev–Trinajstić information content (AvgIpc) is 2.75. The van der Waals surface area contributed by atoms with Gasteiger partial charge in [0.2, 0.25) is 5.88 Å². The molecule has 1 fully saturated rings. The second-order valence-electron chi connectivity index (χ2n) is 7.06. The molecule has 1 aliphatic carbocycles. The van der Waals surface area contributed by atoms with Crippen molar-refractivity contribution in [3.63, 3.8) is 0 Å². The summed E-state index contributed by atoms with van der Waals surface area (Å²) < 4.78 is 11.2. The number of hydrogen-bond donors (Lipinski definition) is 2. The third-order valence-electron chi connectivity index (χ3n) is 5.17. The van der Waals surface area contributed by atoms with E-state index in [0.717, 1.165) is 48.2 Å². The van der Waals surface area contributed by atoms with Crippen molar-refractivity contribution in [2.75, 3.05) is 12.4 Å². The van der Waals surface area contributed by atoms with Crippen molar-refractivity contribution in [3.8, 4) is 11.6 Å². The molecule has 4 rings (SSSR count). The summed E-state index contributed by atoms with van der Waals surface area (Å²) in [6, 6.07) is 9.37. The number of methoxy groups -OCH3 is 1. The van der Waals surface area contributed by atoms with E-state index in [1.54, 1.807) is 31.8 Å². The predicted molar refractivity (Wildman–Crippen MR) is 109 cm³/mol. The second kappa shape index (κ2) is 8.30. The number of hydrogen-bond acceptors (Lipinski definition) is 7. The number of nitrogens with one attached hydrogen (secondary N) is 1. The van der Waals surface area contributed by atoms with Gasteiger partial charge in [-0.2, -0.15) is 0 Å². The molecule has 1 aliphatic rings. The molecule has 0 radical (unpaired) electrons. The summed E-state index contributed by atoms with van der Waals surface area (Å²) in [4.78, 5) is 24.4. The number of carbonyl (C=O) groups excluding carboxylic acids is 1. The zero-order chi connectivity index (χ0) is 20.2. The third-order valence-corrected chi connectivity index (χ3v) is 5.17. The highest BCUT2D eigenvalue weighted by Crippen LogP contribution is 2.29. The highest BCUT2D eigenvalue weighted by atomic mass is 16.5. The van der Waals surface area contributed by atoms with Gasteiger partial charge in [-0.05, 0) is 49.9 Å². The van der Waals surface area contributed by atoms with Crippen molar-refractivity contribution in [2.24, 2.45) is 5.73 Å². The number of rotatable bonds is 6. The Morgan fingerprint density at radius 1 is 1.14 bits per heavy atom. The first-order valence-electron chi connectivity index (χ1n) is 9.61. The van der Waals surface area contributed by atoms with Crippen molar-refractivity contribution in [1.29, 1.82) is 0 Å². The van der Waals surface area contributed by atoms with Crippen molar-refractivity contribution in [3.05, 3.63) is 48.4 Å². The van der Waals surface area contributed by atoms with E-state index in [-0.39, 0.29) is 12.1 Å². The smallest absolute Gasteiger partial charge is 0.254 e. The lowest BCUT2D eigenvalue weighted by Gasteiger charge is -2.30. The lowest BCUT2D eigenvalue weighted by molar-refractivity contribution is 0.0983. The molecule has 8 nitrogen and oxygen atoms in total. The lowest BCUT2D eigenvalue weighted by atomic mass is 9.93. The van der Waals surface area contributed by atoms with Crippen LogP contribution in [0.2, 0.25) is 0 Å². The van der Waals surface area contributed by atoms with Crippen LogP contribution in [0.3, 0.4) is 0 Å². The number of ether oxygens (including phenoxy) is 2. The molecule has 2 aromatic heterocycles. The van der Waals surface area contributed by atoms with Gasteiger partial charge in [-0.15, -0.1) is 0 Å². The molecule has 8 heteroatoms. The fourth-order valence-electron chi connectivity index (χ4n) is 3.63. The van der Waals surface area contributed by atoms with Crippen molar-refractivity contribution in [2.45, 2.75) is 37.8 Å². The van der Waals surface area contributed by atoms with Crippen LogP contribution in [0.15, 0.2) is 42.9 Å². The van der Waals surface area contributed by atoms with Crippen molar-refractivity contribution < 1.29 is 14.3 Å². The first-order chi connectivity index (χ1) is 14.1. The van der Waals surface area contributed by atoms with E-state index in [0.29, 0.717) is 11.4 Å². The molecule has 29 heavy (non-hydrogen) atoms. The number of primary amides is 1. The van der Waals surface area contributed by atoms with Gasteiger partial charge in [0.05, 0.1) is 12.6 Å². The Kier molecular flexibility index (Phi) is 5.41. The number of nitrogens with two attached hydrogens (primary N) is 1. The number of carbonyl (C=O) groups is 1. The first-order valence-corrected chi connectivity index (χ1v) is 9.61. The second-order valence-corrected chi connectivity index (χ2v) is 7.06. The van der Waals surface area contributed by atoms with E-state index in [1.165, 1.54) is 0 Å². The van der Waals surface area contributed by atoms with Crippen LogP contribution < -0.4 is 20.5 Å². The topological polar surface area (TPSA) is 112 Å². The van der Waals surface area contributed by atoms with Crippen LogP contribution in [0, 0.1) is 0 Å². The Balaban J connectivity index is 1.40. The number of fused-ring (bicyclic) bond motifs is 1. The maximum absolute atomic E-state index is 11.5. The highest BCUT2D eigenvalue weighted by Gasteiger charge is 2.24. The SMILES string of the molecule is COc1ccc2c(N[C@H]3CC[C@H](Oc4ncccc4C(N)=O)CC3)ncnc2c1. The van der Waals surface area contributed by atoms with Gasteiger partial charge in [0, 0.05) is 23.7 Å². The fourth-order valence-corrected chi connectivity index (χ4v) is 3.63. The molecule has 2 heterocycles. The van der Waals surface area contributed by atoms with Crippen molar-refractivity contribution in [1.82, 2.24) is 15.0 Å². The number of pyridine rings is 1. The van der Waals surface area contributed by atoms with Gasteiger partial charge in [-0.3, -0.25) is 4.79 Å². The summed E-state index contributed by atoms with van der Waals surface area (Å²) in [7, 11) is 1.64. The molecule has 0 bridgehead atoms. The normalized spacial score (nSPS) is 18.9. The quantitative estimate of drug-likeness (QED) is 0.662. The van der Waals surface area contributed by atoms with E-state index in [1.807, 2.05) is 18.2 Å². The third kappa shape index (κ3) is 4.21. The zero-order valence-corrected chi connectivity index (χ0v) is 16.2. The average molecular weight is 393 g/mol. The Bertz CT molecular complexity index is 1020. The summed E-state index contributed by atoms with van der Waals surface area (Å²) in [5.74, 6) is 1.37. The van der Waals surface area contributed by atoms with Gasteiger partial charge in [0.1, 0.15) is 29.6 Å². The van der Waals surface area contributed by atoms with E-state index in [4.69, 9.17) is 15.2 Å². The van der Waals surface area contributed by atoms with Crippen LogP contribution >= 0.6 is 0 Å². The van der Waals surface area contributed by atoms with Crippen LogP contribution in [0.25, 0.3) is 10.9 Å². The molecule has 1 aromatic carbocycles. The number of aromatic nitrogens is 3. The van der Waals surface area contributed by atoms with Gasteiger partial charge in [0.15, 0.2) is 0 Å². The number of amides is 1. The summed E-state index contributed by atoms with van der Waals surface area (Å²) in [5.41, 5.74) is 6.56. The Labute approximate surface area is 168 Å². The minimum absolute atomic E-state index is 0.00690. The van der Waals surface area contributed by atoms with E-state index in [9.17, 15) is 4.79 Å². The van der Waals surface area contributed by atoms with Gasteiger partial charge in [-0.1, -0.05) is 0 Å². The van der Waals surface area contributed by atoms with Crippen LogP contribution in [0.4, 0.5) is 5.82 Å². The summed E-state index contributed by atoms with van der Waals surface area (Å²) in [5, 5.41) is 4.50. The van der Waals surface area contributed by atoms with E-state index >= 15 is 0 Å². The van der Waals surface area contributed by atoms with Gasteiger partial charge >= 0.3 is 0 Å². The van der Waals surface area contributed by atoms with Crippen molar-refractivity contribution >= 4 is 22.6 Å². The summed E-state index contributed by atoms with van der Waals surface area (Å²) in [6.45, 7) is 0. The van der Waals surface area contributed by atoms with Crippen LogP contribution in [-0.2, 0) is 0 Å². The molecule has 3 N–H and O–H groups in total. The predicted octanol–water partition coefficient (Wildman–Crippen LogP) is 2.93. The molecule has 1 saturated carbocycles. The Morgan fingerprint density at radius 2 is 1.97 bits per heavy atom. The number of anilines is 1. The zero-order valence-electron chi connectivity index (χ0n) is 16.2. The molecule has 150 valence electrons. The molecule has 0 atom stereocenters. The van der Waals surface area contributed by atoms with Gasteiger partial charge in [0.25, 0.3) is 5.91 Å². The monoisotopic (exact) mass is 393 g/mol. The molecular formula is C21H23N5O3. The first kappa shape index (κ1) is 18.9. The summed E-state index contributed by atoms with van der Waals surface area (Å²) >= 11 is 0. The van der Waals surface area contributed by atoms with E-state index in [2.05, 4.69) is 20.3 Å². The van der Waals surface area contributed by atoms with Crippen LogP contribution in [-0.4, -0.2) is 40.1 Å². The molecule has 0 spiro atoms. The molecule has 1 amide bonds. The number of nitrogens with zero attached hydrogens (tertiary/aromatic N) is 3. The minimum atomic E-state index is -0.532. The van der Waals surface area contributed by atoms with E-state index < -0.39 is 5.91 Å². The van der Waals surface area contributed by atoms with Crippen LogP contribution in [0.5, 0.6) is 11.6 Å². The minimum Gasteiger partial charge on any atom is -0.497 e. The molecular weight excluding hydrogens is 370 g/mol. The largest absolute Gasteiger partial charge is 0.497 e. The lowest BCUT2D eigenvalue weighted by Crippen LogP contribution is -2.32. The molecule has 0 unspecified atom stereocenters. The van der Waals surface area contributed by atoms with Gasteiger partial charge in [-0.25, -0.2) is 15.0 Å². The fraction of sp³-hybridized carbons (Fsp3) is 0.333. The Hall–Kier alpha value is -3.42. The Morgan fingerprint density at radius 3 is 2.72 bits per heavy atom. The summed E-state index contributed by atoms with van der Waals surface area (Å²) in [6.07, 6.45) is 6.71. The maximum Gasteiger partial charge on any atom is 0.254 e. The number of benzene rings is 1. The molecule has 3 aromatic rings.